The van der Waals surface area contributed by atoms with Crippen LogP contribution in [-0.4, -0.2) is 43.5 Å². The summed E-state index contributed by atoms with van der Waals surface area (Å²) in [6.45, 7) is 4.36. The minimum Gasteiger partial charge on any atom is -0.325 e. The maximum atomic E-state index is 13.0. The van der Waals surface area contributed by atoms with Crippen molar-refractivity contribution in [3.05, 3.63) is 30.1 Å². The SMILES string of the molecule is O=C(CNCCN1CCCCC1)Nc1cccc(F)c1. The number of nitrogens with one attached hydrogen (secondary N) is 2. The van der Waals surface area contributed by atoms with Gasteiger partial charge in [0.25, 0.3) is 0 Å². The van der Waals surface area contributed by atoms with Crippen molar-refractivity contribution in [2.75, 3.05) is 38.0 Å². The van der Waals surface area contributed by atoms with Crippen molar-refractivity contribution in [3.63, 3.8) is 0 Å². The van der Waals surface area contributed by atoms with Crippen LogP contribution in [0.2, 0.25) is 0 Å². The average molecular weight is 279 g/mol. The van der Waals surface area contributed by atoms with E-state index in [1.165, 1.54) is 31.4 Å². The van der Waals surface area contributed by atoms with E-state index >= 15 is 0 Å². The molecule has 2 N–H and O–H groups in total. The molecule has 1 amide bonds. The zero-order valence-electron chi connectivity index (χ0n) is 11.7. The zero-order valence-corrected chi connectivity index (χ0v) is 11.7. The predicted molar refractivity (Wildman–Crippen MR) is 78.2 cm³/mol. The largest absolute Gasteiger partial charge is 0.325 e. The Balaban J connectivity index is 1.60. The minimum absolute atomic E-state index is 0.144. The lowest BCUT2D eigenvalue weighted by molar-refractivity contribution is -0.115. The van der Waals surface area contributed by atoms with Gasteiger partial charge in [0.1, 0.15) is 5.82 Å². The van der Waals surface area contributed by atoms with Gasteiger partial charge < -0.3 is 15.5 Å². The number of nitrogens with zero attached hydrogens (tertiary/aromatic N) is 1. The normalized spacial score (nSPS) is 16.1. The van der Waals surface area contributed by atoms with Crippen molar-refractivity contribution in [1.29, 1.82) is 0 Å². The Kier molecular flexibility index (Phi) is 5.95. The number of rotatable bonds is 6. The Morgan fingerprint density at radius 3 is 2.80 bits per heavy atom. The van der Waals surface area contributed by atoms with Crippen molar-refractivity contribution >= 4 is 11.6 Å². The summed E-state index contributed by atoms with van der Waals surface area (Å²) >= 11 is 0. The first-order chi connectivity index (χ1) is 9.74. The molecule has 1 fully saturated rings. The fourth-order valence-electron chi connectivity index (χ4n) is 2.39. The molecular formula is C15H22FN3O. The van der Waals surface area contributed by atoms with Gasteiger partial charge in [-0.25, -0.2) is 4.39 Å². The molecule has 0 aromatic heterocycles. The van der Waals surface area contributed by atoms with Gasteiger partial charge in [-0.3, -0.25) is 4.79 Å². The number of amides is 1. The number of benzene rings is 1. The third kappa shape index (κ3) is 5.27. The van der Waals surface area contributed by atoms with Crippen LogP contribution >= 0.6 is 0 Å². The van der Waals surface area contributed by atoms with E-state index in [2.05, 4.69) is 15.5 Å². The van der Waals surface area contributed by atoms with Gasteiger partial charge in [0.15, 0.2) is 0 Å². The van der Waals surface area contributed by atoms with Gasteiger partial charge in [0.05, 0.1) is 6.54 Å². The number of piperidine rings is 1. The van der Waals surface area contributed by atoms with Crippen molar-refractivity contribution in [1.82, 2.24) is 10.2 Å². The van der Waals surface area contributed by atoms with Crippen LogP contribution in [0.15, 0.2) is 24.3 Å². The van der Waals surface area contributed by atoms with Crippen molar-refractivity contribution in [2.24, 2.45) is 0 Å². The second-order valence-corrected chi connectivity index (χ2v) is 5.14. The lowest BCUT2D eigenvalue weighted by Crippen LogP contribution is -2.38. The number of hydrogen-bond acceptors (Lipinski definition) is 3. The molecule has 1 aliphatic rings. The summed E-state index contributed by atoms with van der Waals surface area (Å²) in [6.07, 6.45) is 3.89. The second kappa shape index (κ2) is 7.97. The summed E-state index contributed by atoms with van der Waals surface area (Å²) in [6, 6.07) is 5.92. The van der Waals surface area contributed by atoms with Gasteiger partial charge in [-0.15, -0.1) is 0 Å². The molecule has 0 unspecified atom stereocenters. The summed E-state index contributed by atoms with van der Waals surface area (Å²) in [4.78, 5) is 14.1. The Bertz CT molecular complexity index is 433. The van der Waals surface area contributed by atoms with Crippen LogP contribution in [0.25, 0.3) is 0 Å². The summed E-state index contributed by atoms with van der Waals surface area (Å²) in [5.41, 5.74) is 0.493. The van der Waals surface area contributed by atoms with Crippen LogP contribution in [0.1, 0.15) is 19.3 Å². The first-order valence-electron chi connectivity index (χ1n) is 7.22. The minimum atomic E-state index is -0.346. The van der Waals surface area contributed by atoms with E-state index in [9.17, 15) is 9.18 Å². The quantitative estimate of drug-likeness (QED) is 0.781. The highest BCUT2D eigenvalue weighted by molar-refractivity contribution is 5.92. The fraction of sp³-hybridized carbons (Fsp3) is 0.533. The topological polar surface area (TPSA) is 44.4 Å². The first-order valence-corrected chi connectivity index (χ1v) is 7.22. The molecule has 2 rings (SSSR count). The molecule has 1 aromatic carbocycles. The molecule has 5 heteroatoms. The molecule has 0 aliphatic carbocycles. The average Bonchev–Trinajstić information content (AvgIpc) is 2.45. The number of carbonyl (C=O) groups is 1. The Labute approximate surface area is 119 Å². The summed E-state index contributed by atoms with van der Waals surface area (Å²) < 4.78 is 13.0. The number of anilines is 1. The molecule has 0 bridgehead atoms. The molecule has 0 radical (unpaired) electrons. The summed E-state index contributed by atoms with van der Waals surface area (Å²) in [7, 11) is 0. The molecule has 0 saturated carbocycles. The maximum Gasteiger partial charge on any atom is 0.238 e. The first kappa shape index (κ1) is 14.9. The van der Waals surface area contributed by atoms with Gasteiger partial charge in [-0.1, -0.05) is 12.5 Å². The number of halogens is 1. The molecule has 1 heterocycles. The van der Waals surface area contributed by atoms with E-state index in [1.54, 1.807) is 12.1 Å². The lowest BCUT2D eigenvalue weighted by Gasteiger charge is -2.26. The highest BCUT2D eigenvalue weighted by Gasteiger charge is 2.09. The van der Waals surface area contributed by atoms with Crippen LogP contribution in [0, 0.1) is 5.82 Å². The van der Waals surface area contributed by atoms with Crippen LogP contribution < -0.4 is 10.6 Å². The highest BCUT2D eigenvalue weighted by atomic mass is 19.1. The van der Waals surface area contributed by atoms with Crippen LogP contribution in [0.5, 0.6) is 0 Å². The van der Waals surface area contributed by atoms with Crippen LogP contribution in [-0.2, 0) is 4.79 Å². The van der Waals surface area contributed by atoms with Crippen molar-refractivity contribution in [2.45, 2.75) is 19.3 Å². The van der Waals surface area contributed by atoms with E-state index < -0.39 is 0 Å². The highest BCUT2D eigenvalue weighted by Crippen LogP contribution is 2.08. The summed E-state index contributed by atoms with van der Waals surface area (Å²) in [5.74, 6) is -0.491. The standard InChI is InChI=1S/C15H22FN3O/c16-13-5-4-6-14(11-13)18-15(20)12-17-7-10-19-8-2-1-3-9-19/h4-6,11,17H,1-3,7-10,12H2,(H,18,20). The molecular weight excluding hydrogens is 257 g/mol. The van der Waals surface area contributed by atoms with E-state index in [-0.39, 0.29) is 18.3 Å². The fourth-order valence-corrected chi connectivity index (χ4v) is 2.39. The van der Waals surface area contributed by atoms with Gasteiger partial charge in [-0.05, 0) is 44.1 Å². The van der Waals surface area contributed by atoms with E-state index in [1.807, 2.05) is 0 Å². The monoisotopic (exact) mass is 279 g/mol. The van der Waals surface area contributed by atoms with Crippen molar-refractivity contribution in [3.8, 4) is 0 Å². The number of carbonyl (C=O) groups excluding carboxylic acids is 1. The Morgan fingerprint density at radius 1 is 1.25 bits per heavy atom. The molecule has 1 aliphatic heterocycles. The number of likely N-dealkylation sites (tertiary alicyclic amines) is 1. The van der Waals surface area contributed by atoms with E-state index in [0.29, 0.717) is 5.69 Å². The molecule has 1 aromatic rings. The Morgan fingerprint density at radius 2 is 2.05 bits per heavy atom. The maximum absolute atomic E-state index is 13.0. The van der Waals surface area contributed by atoms with E-state index in [0.717, 1.165) is 26.2 Å². The molecule has 0 spiro atoms. The molecule has 0 atom stereocenters. The smallest absolute Gasteiger partial charge is 0.238 e. The van der Waals surface area contributed by atoms with Crippen LogP contribution in [0.4, 0.5) is 10.1 Å². The third-order valence-electron chi connectivity index (χ3n) is 3.45. The Hall–Kier alpha value is -1.46. The lowest BCUT2D eigenvalue weighted by atomic mass is 10.1. The summed E-state index contributed by atoms with van der Waals surface area (Å²) in [5, 5.41) is 5.79. The zero-order chi connectivity index (χ0) is 14.2. The third-order valence-corrected chi connectivity index (χ3v) is 3.45. The second-order valence-electron chi connectivity index (χ2n) is 5.14. The van der Waals surface area contributed by atoms with Crippen molar-refractivity contribution < 1.29 is 9.18 Å². The van der Waals surface area contributed by atoms with Gasteiger partial charge in [0.2, 0.25) is 5.91 Å². The molecule has 20 heavy (non-hydrogen) atoms. The van der Waals surface area contributed by atoms with Gasteiger partial charge >= 0.3 is 0 Å². The van der Waals surface area contributed by atoms with Gasteiger partial charge in [-0.2, -0.15) is 0 Å². The molecule has 4 nitrogen and oxygen atoms in total. The van der Waals surface area contributed by atoms with E-state index in [4.69, 9.17) is 0 Å². The number of hydrogen-bond donors (Lipinski definition) is 2. The predicted octanol–water partition coefficient (Wildman–Crippen LogP) is 1.84. The molecule has 110 valence electrons. The van der Waals surface area contributed by atoms with Gasteiger partial charge in [0, 0.05) is 18.8 Å². The van der Waals surface area contributed by atoms with Crippen LogP contribution in [0.3, 0.4) is 0 Å². The molecule has 1 saturated heterocycles.